The van der Waals surface area contributed by atoms with Crippen molar-refractivity contribution in [2.75, 3.05) is 38.8 Å². The first-order chi connectivity index (χ1) is 16.1. The van der Waals surface area contributed by atoms with Crippen molar-refractivity contribution in [3.63, 3.8) is 0 Å². The van der Waals surface area contributed by atoms with Crippen LogP contribution in [0.25, 0.3) is 6.08 Å². The summed E-state index contributed by atoms with van der Waals surface area (Å²) in [5, 5.41) is 5.63. The first-order valence-corrected chi connectivity index (χ1v) is 11.3. The average molecular weight is 455 g/mol. The Morgan fingerprint density at radius 2 is 1.85 bits per heavy atom. The summed E-state index contributed by atoms with van der Waals surface area (Å²) in [6, 6.07) is 12.3. The predicted octanol–water partition coefficient (Wildman–Crippen LogP) is 4.68. The van der Waals surface area contributed by atoms with Crippen LogP contribution in [0, 0.1) is 0 Å². The van der Waals surface area contributed by atoms with Crippen LogP contribution in [0.2, 0.25) is 0 Å². The Balaban J connectivity index is 1.92. The SMILES string of the molecule is CCCCOc1ccc(C=CC(=O)Nc2cccc(C(=O)NCCCOCC)c2)cc1OC. The van der Waals surface area contributed by atoms with Crippen molar-refractivity contribution in [2.45, 2.75) is 33.1 Å². The Kier molecular flexibility index (Phi) is 11.5. The van der Waals surface area contributed by atoms with Crippen LogP contribution in [0.4, 0.5) is 5.69 Å². The Labute approximate surface area is 196 Å². The van der Waals surface area contributed by atoms with Crippen LogP contribution in [0.5, 0.6) is 11.5 Å². The third-order valence-electron chi connectivity index (χ3n) is 4.72. The maximum absolute atomic E-state index is 12.4. The van der Waals surface area contributed by atoms with Crippen molar-refractivity contribution in [1.82, 2.24) is 5.32 Å². The second-order valence-electron chi connectivity index (χ2n) is 7.32. The largest absolute Gasteiger partial charge is 0.493 e. The van der Waals surface area contributed by atoms with Gasteiger partial charge in [-0.05, 0) is 61.7 Å². The molecule has 0 aliphatic rings. The lowest BCUT2D eigenvalue weighted by molar-refractivity contribution is -0.111. The molecular formula is C26H34N2O5. The Bertz CT molecular complexity index is 927. The van der Waals surface area contributed by atoms with E-state index in [-0.39, 0.29) is 11.8 Å². The van der Waals surface area contributed by atoms with E-state index in [0.29, 0.717) is 49.1 Å². The molecule has 7 heteroatoms. The molecule has 0 spiro atoms. The number of methoxy groups -OCH3 is 1. The summed E-state index contributed by atoms with van der Waals surface area (Å²) in [6.07, 6.45) is 5.91. The number of carbonyl (C=O) groups is 2. The quantitative estimate of drug-likeness (QED) is 0.320. The van der Waals surface area contributed by atoms with Crippen molar-refractivity contribution >= 4 is 23.6 Å². The Morgan fingerprint density at radius 3 is 2.61 bits per heavy atom. The van der Waals surface area contributed by atoms with Crippen molar-refractivity contribution in [1.29, 1.82) is 0 Å². The number of hydrogen-bond acceptors (Lipinski definition) is 5. The molecule has 0 saturated heterocycles. The minimum atomic E-state index is -0.300. The molecular weight excluding hydrogens is 420 g/mol. The fourth-order valence-corrected chi connectivity index (χ4v) is 2.95. The van der Waals surface area contributed by atoms with Crippen LogP contribution in [0.15, 0.2) is 48.5 Å². The van der Waals surface area contributed by atoms with E-state index in [1.54, 1.807) is 37.5 Å². The van der Waals surface area contributed by atoms with Crippen LogP contribution in [0.3, 0.4) is 0 Å². The lowest BCUT2D eigenvalue weighted by atomic mass is 10.1. The number of benzene rings is 2. The zero-order valence-electron chi connectivity index (χ0n) is 19.7. The number of ether oxygens (including phenoxy) is 3. The first kappa shape index (κ1) is 25.9. The highest BCUT2D eigenvalue weighted by Crippen LogP contribution is 2.28. The maximum Gasteiger partial charge on any atom is 0.251 e. The summed E-state index contributed by atoms with van der Waals surface area (Å²) in [5.74, 6) is 0.812. The normalized spacial score (nSPS) is 10.8. The van der Waals surface area contributed by atoms with Crippen LogP contribution in [-0.4, -0.2) is 45.3 Å². The lowest BCUT2D eigenvalue weighted by Crippen LogP contribution is -2.25. The van der Waals surface area contributed by atoms with Crippen LogP contribution >= 0.6 is 0 Å². The number of rotatable bonds is 14. The molecule has 2 rings (SSSR count). The standard InChI is InChI=1S/C26H34N2O5/c1-4-6-17-33-23-13-11-20(18-24(23)31-3)12-14-25(29)28-22-10-7-9-21(19-22)26(30)27-15-8-16-32-5-2/h7,9-14,18-19H,4-6,8,15-17H2,1-3H3,(H,27,30)(H,28,29). The summed E-state index contributed by atoms with van der Waals surface area (Å²) in [7, 11) is 1.59. The van der Waals surface area contributed by atoms with Gasteiger partial charge in [0.15, 0.2) is 11.5 Å². The van der Waals surface area contributed by atoms with Crippen molar-refractivity contribution in [3.8, 4) is 11.5 Å². The van der Waals surface area contributed by atoms with Gasteiger partial charge in [-0.25, -0.2) is 0 Å². The van der Waals surface area contributed by atoms with E-state index in [9.17, 15) is 9.59 Å². The highest BCUT2D eigenvalue weighted by Gasteiger charge is 2.08. The summed E-state index contributed by atoms with van der Waals surface area (Å²) >= 11 is 0. The predicted molar refractivity (Wildman–Crippen MR) is 131 cm³/mol. The van der Waals surface area contributed by atoms with Gasteiger partial charge in [-0.3, -0.25) is 9.59 Å². The van der Waals surface area contributed by atoms with E-state index < -0.39 is 0 Å². The highest BCUT2D eigenvalue weighted by molar-refractivity contribution is 6.03. The topological polar surface area (TPSA) is 85.9 Å². The summed E-state index contributed by atoms with van der Waals surface area (Å²) in [4.78, 5) is 24.7. The fraction of sp³-hybridized carbons (Fsp3) is 0.385. The van der Waals surface area contributed by atoms with Gasteiger partial charge < -0.3 is 24.8 Å². The van der Waals surface area contributed by atoms with Crippen LogP contribution in [-0.2, 0) is 9.53 Å². The number of carbonyl (C=O) groups excluding carboxylic acids is 2. The molecule has 2 aromatic rings. The van der Waals surface area contributed by atoms with Gasteiger partial charge in [0, 0.05) is 37.1 Å². The van der Waals surface area contributed by atoms with Gasteiger partial charge in [-0.15, -0.1) is 0 Å². The average Bonchev–Trinajstić information content (AvgIpc) is 2.83. The maximum atomic E-state index is 12.4. The molecule has 0 saturated carbocycles. The molecule has 0 bridgehead atoms. The minimum absolute atomic E-state index is 0.188. The number of hydrogen-bond donors (Lipinski definition) is 2. The molecule has 2 N–H and O–H groups in total. The van der Waals surface area contributed by atoms with E-state index in [0.717, 1.165) is 24.8 Å². The molecule has 0 aliphatic heterocycles. The van der Waals surface area contributed by atoms with Gasteiger partial charge in [-0.2, -0.15) is 0 Å². The second-order valence-corrected chi connectivity index (χ2v) is 7.32. The van der Waals surface area contributed by atoms with Crippen LogP contribution in [0.1, 0.15) is 49.0 Å². The second kappa shape index (κ2) is 14.7. The molecule has 2 amide bonds. The van der Waals surface area contributed by atoms with Gasteiger partial charge in [0.1, 0.15) is 0 Å². The van der Waals surface area contributed by atoms with Crippen LogP contribution < -0.4 is 20.1 Å². The third kappa shape index (κ3) is 9.37. The molecule has 0 aromatic heterocycles. The van der Waals surface area contributed by atoms with E-state index in [1.165, 1.54) is 6.08 Å². The van der Waals surface area contributed by atoms with Gasteiger partial charge in [0.25, 0.3) is 5.91 Å². The van der Waals surface area contributed by atoms with Gasteiger partial charge >= 0.3 is 0 Å². The molecule has 0 radical (unpaired) electrons. The molecule has 0 unspecified atom stereocenters. The lowest BCUT2D eigenvalue weighted by Gasteiger charge is -2.11. The number of amides is 2. The number of anilines is 1. The van der Waals surface area contributed by atoms with Crippen molar-refractivity contribution < 1.29 is 23.8 Å². The molecule has 33 heavy (non-hydrogen) atoms. The summed E-state index contributed by atoms with van der Waals surface area (Å²) in [6.45, 7) is 6.48. The minimum Gasteiger partial charge on any atom is -0.493 e. The van der Waals surface area contributed by atoms with Gasteiger partial charge in [-0.1, -0.05) is 25.5 Å². The van der Waals surface area contributed by atoms with E-state index in [4.69, 9.17) is 14.2 Å². The van der Waals surface area contributed by atoms with Gasteiger partial charge in [0.2, 0.25) is 5.91 Å². The molecule has 0 atom stereocenters. The molecule has 178 valence electrons. The first-order valence-electron chi connectivity index (χ1n) is 11.3. The number of unbranched alkanes of at least 4 members (excludes halogenated alkanes) is 1. The molecule has 0 aliphatic carbocycles. The van der Waals surface area contributed by atoms with Crippen molar-refractivity contribution in [2.24, 2.45) is 0 Å². The molecule has 0 fully saturated rings. The fourth-order valence-electron chi connectivity index (χ4n) is 2.95. The van der Waals surface area contributed by atoms with E-state index in [1.807, 2.05) is 25.1 Å². The summed E-state index contributed by atoms with van der Waals surface area (Å²) in [5.41, 5.74) is 1.84. The summed E-state index contributed by atoms with van der Waals surface area (Å²) < 4.78 is 16.4. The highest BCUT2D eigenvalue weighted by atomic mass is 16.5. The molecule has 2 aromatic carbocycles. The Morgan fingerprint density at radius 1 is 1.00 bits per heavy atom. The zero-order chi connectivity index (χ0) is 23.9. The van der Waals surface area contributed by atoms with Gasteiger partial charge in [0.05, 0.1) is 13.7 Å². The molecule has 0 heterocycles. The van der Waals surface area contributed by atoms with Crippen molar-refractivity contribution in [3.05, 3.63) is 59.7 Å². The van der Waals surface area contributed by atoms with E-state index >= 15 is 0 Å². The zero-order valence-corrected chi connectivity index (χ0v) is 19.7. The monoisotopic (exact) mass is 454 g/mol. The third-order valence-corrected chi connectivity index (χ3v) is 4.72. The van der Waals surface area contributed by atoms with E-state index in [2.05, 4.69) is 17.6 Å². The Hall–Kier alpha value is -3.32. The molecule has 7 nitrogen and oxygen atoms in total. The smallest absolute Gasteiger partial charge is 0.251 e. The number of nitrogens with one attached hydrogen (secondary N) is 2.